The lowest BCUT2D eigenvalue weighted by atomic mass is 9.80. The number of halogens is 4. The molecule has 0 amide bonds. The summed E-state index contributed by atoms with van der Waals surface area (Å²) in [5.41, 5.74) is 4.45. The highest BCUT2D eigenvalue weighted by Crippen LogP contribution is 2.41. The Hall–Kier alpha value is -4.62. The average Bonchev–Trinajstić information content (AvgIpc) is 3.74. The molecule has 3 aromatic heterocycles. The molecule has 9 nitrogen and oxygen atoms in total. The van der Waals surface area contributed by atoms with E-state index in [1.165, 1.54) is 30.2 Å². The molecular formula is C35H31ClF3N5O4S. The molecule has 6 aromatic rings. The molecule has 1 atom stereocenters. The predicted molar refractivity (Wildman–Crippen MR) is 180 cm³/mol. The van der Waals surface area contributed by atoms with Gasteiger partial charge in [0.25, 0.3) is 0 Å². The van der Waals surface area contributed by atoms with Gasteiger partial charge >= 0.3 is 12.1 Å². The van der Waals surface area contributed by atoms with Crippen LogP contribution in [0, 0.1) is 5.92 Å². The first-order valence-electron chi connectivity index (χ1n) is 15.7. The number of carboxylic acids is 1. The minimum Gasteiger partial charge on any atom is -0.487 e. The first-order valence-corrected chi connectivity index (χ1v) is 16.9. The van der Waals surface area contributed by atoms with Crippen molar-refractivity contribution >= 4 is 50.1 Å². The number of hydrogen-bond donors (Lipinski definition) is 1. The van der Waals surface area contributed by atoms with Gasteiger partial charge in [0, 0.05) is 35.6 Å². The number of aromatic nitrogens is 5. The van der Waals surface area contributed by atoms with E-state index >= 15 is 0 Å². The number of ether oxygens (including phenoxy) is 2. The summed E-state index contributed by atoms with van der Waals surface area (Å²) >= 11 is 7.51. The molecule has 0 bridgehead atoms. The van der Waals surface area contributed by atoms with Crippen LogP contribution in [0.4, 0.5) is 13.2 Å². The molecule has 1 fully saturated rings. The van der Waals surface area contributed by atoms with Crippen LogP contribution in [0.5, 0.6) is 11.6 Å². The minimum absolute atomic E-state index is 0.0646. The standard InChI is InChI=1S/C35H31ClF3N5O4S/c1-43-27-17-24(36)9-10-26(27)32(41-43)23-14-22(13-20-5-4-6-20)31-30(16-23)49-42-33(31)48-29(34(45)46)15-21-7-2-3-8-28(21)47-18-25-11-12-40-44(25)19-35(37,38)39/h2-3,7-12,14,16-17,20,29H,4-6,13,15,18-19H2,1H3,(H,45,46)/t29-/m1/s1. The highest BCUT2D eigenvalue weighted by Gasteiger charge is 2.30. The normalized spacial score (nSPS) is 14.3. The smallest absolute Gasteiger partial charge is 0.408 e. The van der Waals surface area contributed by atoms with Crippen molar-refractivity contribution in [2.75, 3.05) is 0 Å². The third-order valence-electron chi connectivity index (χ3n) is 8.86. The number of aryl methyl sites for hydroxylation is 1. The second-order valence-corrected chi connectivity index (χ2v) is 13.5. The molecule has 0 radical (unpaired) electrons. The third-order valence-corrected chi connectivity index (χ3v) is 9.87. The summed E-state index contributed by atoms with van der Waals surface area (Å²) in [6, 6.07) is 18.1. The number of fused-ring (bicyclic) bond motifs is 2. The highest BCUT2D eigenvalue weighted by molar-refractivity contribution is 7.13. The molecule has 3 aromatic carbocycles. The molecule has 1 N–H and O–H groups in total. The van der Waals surface area contributed by atoms with Gasteiger partial charge in [-0.15, -0.1) is 0 Å². The number of hydrogen-bond acceptors (Lipinski definition) is 7. The molecule has 49 heavy (non-hydrogen) atoms. The van der Waals surface area contributed by atoms with Crippen LogP contribution in [0.15, 0.2) is 66.9 Å². The summed E-state index contributed by atoms with van der Waals surface area (Å²) in [4.78, 5) is 12.6. The molecule has 0 unspecified atom stereocenters. The van der Waals surface area contributed by atoms with Crippen molar-refractivity contribution < 1.29 is 32.5 Å². The maximum absolute atomic E-state index is 13.0. The van der Waals surface area contributed by atoms with Crippen LogP contribution in [0.2, 0.25) is 5.02 Å². The van der Waals surface area contributed by atoms with Gasteiger partial charge in [-0.25, -0.2) is 4.79 Å². The summed E-state index contributed by atoms with van der Waals surface area (Å²) in [6.45, 7) is -1.43. The lowest BCUT2D eigenvalue weighted by Crippen LogP contribution is -2.30. The number of aliphatic carboxylic acids is 1. The number of para-hydroxylation sites is 1. The zero-order valence-corrected chi connectivity index (χ0v) is 27.9. The van der Waals surface area contributed by atoms with E-state index in [0.717, 1.165) is 61.8 Å². The molecule has 254 valence electrons. The number of benzene rings is 3. The maximum atomic E-state index is 13.0. The van der Waals surface area contributed by atoms with E-state index in [2.05, 4.69) is 15.5 Å². The Kier molecular flexibility index (Phi) is 8.97. The monoisotopic (exact) mass is 709 g/mol. The summed E-state index contributed by atoms with van der Waals surface area (Å²) in [7, 11) is 1.88. The Labute approximate surface area is 288 Å². The van der Waals surface area contributed by atoms with Crippen LogP contribution in [0.3, 0.4) is 0 Å². The zero-order chi connectivity index (χ0) is 34.3. The number of carboxylic acid groups (broad SMARTS) is 1. The van der Waals surface area contributed by atoms with Gasteiger partial charge in [0.1, 0.15) is 24.6 Å². The SMILES string of the molecule is Cn1nc(-c2cc(CC3CCC3)c3c(O[C@H](Cc4ccccc4OCc4ccnn4CC(F)(F)F)C(=O)O)nsc3c2)c2ccc(Cl)cc21. The van der Waals surface area contributed by atoms with Crippen molar-refractivity contribution in [2.24, 2.45) is 13.0 Å². The van der Waals surface area contributed by atoms with Crippen LogP contribution in [0.25, 0.3) is 32.2 Å². The summed E-state index contributed by atoms with van der Waals surface area (Å²) in [5, 5.41) is 21.2. The Morgan fingerprint density at radius 3 is 2.69 bits per heavy atom. The van der Waals surface area contributed by atoms with Crippen molar-refractivity contribution in [3.05, 3.63) is 88.7 Å². The van der Waals surface area contributed by atoms with Crippen molar-refractivity contribution in [1.82, 2.24) is 23.9 Å². The van der Waals surface area contributed by atoms with E-state index in [-0.39, 0.29) is 24.6 Å². The molecular weight excluding hydrogens is 679 g/mol. The second kappa shape index (κ2) is 13.4. The van der Waals surface area contributed by atoms with E-state index in [4.69, 9.17) is 26.2 Å². The lowest BCUT2D eigenvalue weighted by molar-refractivity contribution is -0.145. The fraction of sp³-hybridized carbons (Fsp3) is 0.314. The van der Waals surface area contributed by atoms with Crippen molar-refractivity contribution in [1.29, 1.82) is 0 Å². The predicted octanol–water partition coefficient (Wildman–Crippen LogP) is 8.26. The molecule has 7 rings (SSSR count). The molecule has 1 aliphatic carbocycles. The average molecular weight is 710 g/mol. The highest BCUT2D eigenvalue weighted by atomic mass is 35.5. The maximum Gasteiger partial charge on any atom is 0.408 e. The van der Waals surface area contributed by atoms with Crippen molar-refractivity contribution in [3.8, 4) is 22.9 Å². The topological polar surface area (TPSA) is 104 Å². The molecule has 1 saturated carbocycles. The Morgan fingerprint density at radius 2 is 1.94 bits per heavy atom. The number of nitrogens with zero attached hydrogens (tertiary/aromatic N) is 5. The van der Waals surface area contributed by atoms with Gasteiger partial charge in [-0.05, 0) is 77.5 Å². The Bertz CT molecular complexity index is 2160. The fourth-order valence-electron chi connectivity index (χ4n) is 6.23. The van der Waals surface area contributed by atoms with Gasteiger partial charge in [0.2, 0.25) is 12.0 Å². The van der Waals surface area contributed by atoms with Gasteiger partial charge in [0.15, 0.2) is 0 Å². The van der Waals surface area contributed by atoms with E-state index in [0.29, 0.717) is 22.3 Å². The number of carbonyl (C=O) groups is 1. The number of alkyl halides is 3. The molecule has 3 heterocycles. The van der Waals surface area contributed by atoms with Crippen molar-refractivity contribution in [3.63, 3.8) is 0 Å². The minimum atomic E-state index is -4.44. The summed E-state index contributed by atoms with van der Waals surface area (Å²) in [5.74, 6) is -0.0907. The third kappa shape index (κ3) is 7.09. The number of rotatable bonds is 12. The van der Waals surface area contributed by atoms with Crippen molar-refractivity contribution in [2.45, 2.75) is 57.5 Å². The van der Waals surface area contributed by atoms with E-state index in [1.54, 1.807) is 24.3 Å². The van der Waals surface area contributed by atoms with Gasteiger partial charge in [0.05, 0.1) is 21.3 Å². The van der Waals surface area contributed by atoms with Gasteiger partial charge in [-0.3, -0.25) is 9.36 Å². The summed E-state index contributed by atoms with van der Waals surface area (Å²) < 4.78 is 59.1. The Balaban J connectivity index is 1.17. The Morgan fingerprint density at radius 1 is 1.12 bits per heavy atom. The molecule has 0 spiro atoms. The van der Waals surface area contributed by atoms with E-state index in [9.17, 15) is 23.1 Å². The van der Waals surface area contributed by atoms with Crippen LogP contribution in [0.1, 0.15) is 36.1 Å². The quantitative estimate of drug-likeness (QED) is 0.136. The van der Waals surface area contributed by atoms with Gasteiger partial charge in [-0.1, -0.05) is 49.1 Å². The summed E-state index contributed by atoms with van der Waals surface area (Å²) in [6.07, 6.45) is -0.319. The fourth-order valence-corrected chi connectivity index (χ4v) is 7.20. The lowest BCUT2D eigenvalue weighted by Gasteiger charge is -2.26. The van der Waals surface area contributed by atoms with Gasteiger partial charge in [-0.2, -0.15) is 27.7 Å². The molecule has 0 saturated heterocycles. The first kappa shape index (κ1) is 32.9. The van der Waals surface area contributed by atoms with Crippen LogP contribution in [-0.2, 0) is 37.8 Å². The van der Waals surface area contributed by atoms with Crippen LogP contribution in [-0.4, -0.2) is 47.3 Å². The van der Waals surface area contributed by atoms with Crippen LogP contribution >= 0.6 is 23.1 Å². The van der Waals surface area contributed by atoms with E-state index < -0.39 is 24.8 Å². The molecule has 14 heteroatoms. The van der Waals surface area contributed by atoms with E-state index in [1.807, 2.05) is 36.0 Å². The zero-order valence-electron chi connectivity index (χ0n) is 26.3. The first-order chi connectivity index (χ1) is 23.5. The molecule has 0 aliphatic heterocycles. The van der Waals surface area contributed by atoms with Crippen LogP contribution < -0.4 is 9.47 Å². The van der Waals surface area contributed by atoms with Gasteiger partial charge < -0.3 is 14.6 Å². The second-order valence-electron chi connectivity index (χ2n) is 12.3. The molecule has 1 aliphatic rings. The largest absolute Gasteiger partial charge is 0.487 e.